The summed E-state index contributed by atoms with van der Waals surface area (Å²) in [4.78, 5) is 29.5. The molecule has 1 unspecified atom stereocenters. The number of carbonyl (C=O) groups excluding carboxylic acids is 2. The summed E-state index contributed by atoms with van der Waals surface area (Å²) in [5.41, 5.74) is 0.361. The van der Waals surface area contributed by atoms with Crippen LogP contribution in [0.5, 0.6) is 0 Å². The molecule has 1 aliphatic heterocycles. The Labute approximate surface area is 184 Å². The molecule has 2 aromatic heterocycles. The lowest BCUT2D eigenvalue weighted by Gasteiger charge is -2.44. The van der Waals surface area contributed by atoms with E-state index in [2.05, 4.69) is 5.32 Å². The van der Waals surface area contributed by atoms with Gasteiger partial charge in [0.2, 0.25) is 5.91 Å². The first-order chi connectivity index (χ1) is 14.9. The molecule has 0 spiro atoms. The number of aromatic nitrogens is 1. The first kappa shape index (κ1) is 21.5. The third kappa shape index (κ3) is 4.09. The largest absolute Gasteiger partial charge is 0.382 e. The molecular weight excluding hydrogens is 417 g/mol. The number of carbonyl (C=O) groups is 2. The number of halogens is 1. The van der Waals surface area contributed by atoms with E-state index in [0.29, 0.717) is 38.4 Å². The molecule has 0 saturated carbocycles. The van der Waals surface area contributed by atoms with Crippen molar-refractivity contribution in [3.63, 3.8) is 0 Å². The molecule has 31 heavy (non-hydrogen) atoms. The van der Waals surface area contributed by atoms with Crippen molar-refractivity contribution in [3.8, 4) is 0 Å². The number of nitrogens with zero attached hydrogens (tertiary/aromatic N) is 2. The second-order valence-electron chi connectivity index (χ2n) is 7.89. The van der Waals surface area contributed by atoms with Crippen molar-refractivity contribution in [2.24, 2.45) is 0 Å². The highest BCUT2D eigenvalue weighted by atomic mass is 32.1. The molecule has 4 rings (SSSR count). The Morgan fingerprint density at radius 2 is 2.06 bits per heavy atom. The van der Waals surface area contributed by atoms with Gasteiger partial charge in [0.05, 0.1) is 6.54 Å². The van der Waals surface area contributed by atoms with Crippen molar-refractivity contribution in [2.75, 3.05) is 19.8 Å². The quantitative estimate of drug-likeness (QED) is 0.539. The third-order valence-electron chi connectivity index (χ3n) is 5.76. The van der Waals surface area contributed by atoms with Crippen LogP contribution in [0.1, 0.15) is 36.3 Å². The highest BCUT2D eigenvalue weighted by Crippen LogP contribution is 2.34. The summed E-state index contributed by atoms with van der Waals surface area (Å²) < 4.78 is 20.6. The van der Waals surface area contributed by atoms with Crippen molar-refractivity contribution < 1.29 is 18.7 Å². The second-order valence-corrected chi connectivity index (χ2v) is 8.78. The average Bonchev–Trinajstić information content (AvgIpc) is 3.35. The zero-order valence-corrected chi connectivity index (χ0v) is 18.5. The highest BCUT2D eigenvalue weighted by Gasteiger charge is 2.47. The van der Waals surface area contributed by atoms with Crippen molar-refractivity contribution in [2.45, 2.75) is 38.9 Å². The van der Waals surface area contributed by atoms with Gasteiger partial charge in [0, 0.05) is 31.7 Å². The van der Waals surface area contributed by atoms with Crippen molar-refractivity contribution in [3.05, 3.63) is 58.9 Å². The van der Waals surface area contributed by atoms with Gasteiger partial charge < -0.3 is 19.5 Å². The number of ether oxygens (including phenoxy) is 1. The van der Waals surface area contributed by atoms with Gasteiger partial charge in [-0.25, -0.2) is 4.39 Å². The first-order valence-corrected chi connectivity index (χ1v) is 11.3. The number of amides is 2. The summed E-state index contributed by atoms with van der Waals surface area (Å²) in [5, 5.41) is 5.95. The average molecular weight is 444 g/mol. The molecule has 1 aromatic carbocycles. The Hall–Kier alpha value is -2.71. The van der Waals surface area contributed by atoms with E-state index in [0.717, 1.165) is 15.8 Å². The maximum Gasteiger partial charge on any atom is 0.271 e. The van der Waals surface area contributed by atoms with Crippen LogP contribution in [0.4, 0.5) is 4.39 Å². The van der Waals surface area contributed by atoms with E-state index in [4.69, 9.17) is 4.74 Å². The molecule has 0 bridgehead atoms. The van der Waals surface area contributed by atoms with Crippen molar-refractivity contribution in [1.29, 1.82) is 0 Å². The van der Waals surface area contributed by atoms with Crippen LogP contribution in [-0.4, -0.2) is 46.6 Å². The number of hydrogen-bond acceptors (Lipinski definition) is 4. The third-order valence-corrected chi connectivity index (χ3v) is 6.71. The SMILES string of the molecule is CCOCCCN1C(=O)c2cc3ccsc3n2CC1(C)C(=O)NCc1ccc(F)cc1. The van der Waals surface area contributed by atoms with Gasteiger partial charge in [-0.15, -0.1) is 11.3 Å². The molecule has 3 aromatic rings. The number of nitrogens with one attached hydrogen (secondary N) is 1. The van der Waals surface area contributed by atoms with E-state index in [1.165, 1.54) is 12.1 Å². The molecule has 0 radical (unpaired) electrons. The van der Waals surface area contributed by atoms with Gasteiger partial charge in [0.1, 0.15) is 21.9 Å². The highest BCUT2D eigenvalue weighted by molar-refractivity contribution is 7.16. The maximum atomic E-state index is 13.4. The van der Waals surface area contributed by atoms with Crippen molar-refractivity contribution in [1.82, 2.24) is 14.8 Å². The lowest BCUT2D eigenvalue weighted by Crippen LogP contribution is -2.64. The molecule has 0 saturated heterocycles. The second kappa shape index (κ2) is 8.80. The van der Waals surface area contributed by atoms with Crippen LogP contribution in [-0.2, 0) is 22.6 Å². The van der Waals surface area contributed by atoms with Gasteiger partial charge in [0.25, 0.3) is 5.91 Å². The topological polar surface area (TPSA) is 63.6 Å². The van der Waals surface area contributed by atoms with Gasteiger partial charge in [-0.1, -0.05) is 12.1 Å². The zero-order chi connectivity index (χ0) is 22.0. The van der Waals surface area contributed by atoms with Gasteiger partial charge in [-0.2, -0.15) is 0 Å². The van der Waals surface area contributed by atoms with Crippen LogP contribution >= 0.6 is 11.3 Å². The summed E-state index contributed by atoms with van der Waals surface area (Å²) in [5.74, 6) is -0.697. The molecule has 8 heteroatoms. The number of thiophene rings is 1. The van der Waals surface area contributed by atoms with Crippen LogP contribution < -0.4 is 5.32 Å². The summed E-state index contributed by atoms with van der Waals surface area (Å²) in [6.45, 7) is 5.96. The normalized spacial score (nSPS) is 18.4. The molecule has 164 valence electrons. The maximum absolute atomic E-state index is 13.4. The smallest absolute Gasteiger partial charge is 0.271 e. The monoisotopic (exact) mass is 443 g/mol. The Morgan fingerprint density at radius 1 is 1.29 bits per heavy atom. The van der Waals surface area contributed by atoms with Crippen LogP contribution in [0.25, 0.3) is 10.2 Å². The van der Waals surface area contributed by atoms with E-state index >= 15 is 0 Å². The summed E-state index contributed by atoms with van der Waals surface area (Å²) in [7, 11) is 0. The summed E-state index contributed by atoms with van der Waals surface area (Å²) >= 11 is 1.57. The van der Waals surface area contributed by atoms with E-state index < -0.39 is 5.54 Å². The fourth-order valence-corrected chi connectivity index (χ4v) is 4.95. The van der Waals surface area contributed by atoms with Gasteiger partial charge >= 0.3 is 0 Å². The Morgan fingerprint density at radius 3 is 2.81 bits per heavy atom. The van der Waals surface area contributed by atoms with E-state index in [-0.39, 0.29) is 24.2 Å². The number of benzene rings is 1. The molecule has 6 nitrogen and oxygen atoms in total. The molecule has 0 fully saturated rings. The van der Waals surface area contributed by atoms with Crippen LogP contribution in [0.15, 0.2) is 41.8 Å². The predicted octanol–water partition coefficient (Wildman–Crippen LogP) is 3.80. The minimum Gasteiger partial charge on any atom is -0.382 e. The molecule has 1 N–H and O–H groups in total. The molecule has 3 heterocycles. The minimum atomic E-state index is -1.05. The molecule has 2 amide bonds. The molecular formula is C23H26FN3O3S. The van der Waals surface area contributed by atoms with Gasteiger partial charge in [0.15, 0.2) is 0 Å². The van der Waals surface area contributed by atoms with E-state index in [1.807, 2.05) is 35.9 Å². The van der Waals surface area contributed by atoms with Gasteiger partial charge in [-0.3, -0.25) is 9.59 Å². The number of rotatable bonds is 8. The van der Waals surface area contributed by atoms with Crippen LogP contribution in [0.3, 0.4) is 0 Å². The zero-order valence-electron chi connectivity index (χ0n) is 17.7. The Kier molecular flexibility index (Phi) is 6.11. The lowest BCUT2D eigenvalue weighted by molar-refractivity contribution is -0.133. The van der Waals surface area contributed by atoms with Crippen LogP contribution in [0.2, 0.25) is 0 Å². The number of hydrogen-bond donors (Lipinski definition) is 1. The minimum absolute atomic E-state index is 0.148. The summed E-state index contributed by atoms with van der Waals surface area (Å²) in [6.07, 6.45) is 0.648. The van der Waals surface area contributed by atoms with E-state index in [9.17, 15) is 14.0 Å². The Balaban J connectivity index is 1.60. The fourth-order valence-electron chi connectivity index (χ4n) is 4.05. The lowest BCUT2D eigenvalue weighted by atomic mass is 9.94. The Bertz CT molecular complexity index is 1090. The van der Waals surface area contributed by atoms with Crippen LogP contribution in [0, 0.1) is 5.82 Å². The van der Waals surface area contributed by atoms with E-state index in [1.54, 1.807) is 28.4 Å². The first-order valence-electron chi connectivity index (χ1n) is 10.4. The summed E-state index contributed by atoms with van der Waals surface area (Å²) in [6, 6.07) is 9.91. The molecule has 1 aliphatic rings. The molecule has 0 aliphatic carbocycles. The number of fused-ring (bicyclic) bond motifs is 3. The van der Waals surface area contributed by atoms with Gasteiger partial charge in [-0.05, 0) is 55.5 Å². The predicted molar refractivity (Wildman–Crippen MR) is 119 cm³/mol. The molecule has 1 atom stereocenters. The fraction of sp³-hybridized carbons (Fsp3) is 0.391. The standard InChI is InChI=1S/C23H26FN3O3S/c1-3-30-11-4-10-27-20(28)19-13-17-9-12-31-21(17)26(19)15-23(27,2)22(29)25-14-16-5-7-18(24)8-6-16/h5-9,12-13H,3-4,10-11,14-15H2,1-2H3,(H,25,29). The van der Waals surface area contributed by atoms with Crippen molar-refractivity contribution >= 4 is 33.4 Å².